The summed E-state index contributed by atoms with van der Waals surface area (Å²) >= 11 is 0. The third kappa shape index (κ3) is 14.9. The van der Waals surface area contributed by atoms with Crippen molar-refractivity contribution in [1.82, 2.24) is 15.2 Å². The standard InChI is InChI=1S/C68H111N3O6/c1-47(2)66(22)44-56(41-63(16,17)69(66)75-53-35-31-50(32-36-53)60(7,8)9)72-39-26-25-30-59(73-57-42-64(18,19)70(67(23,45-57)48(3)4)76-54-37-33-51(34-38-54)61(10,11)12)74-58-43-65(20,21)71(68(24,46-58)49(5)6)77-55-29-27-28-52(40-55)62(13,14)15/h27-29,31-38,40,47-49,56-59H,25-26,30,39,41-46H2,1-24H3. The highest BCUT2D eigenvalue weighted by molar-refractivity contribution is 5.34. The highest BCUT2D eigenvalue weighted by atomic mass is 16.7. The van der Waals surface area contributed by atoms with Gasteiger partial charge in [-0.15, -0.1) is 15.2 Å². The summed E-state index contributed by atoms with van der Waals surface area (Å²) in [5, 5.41) is 6.88. The molecular formula is C68H111N3O6. The molecule has 0 saturated carbocycles. The first-order valence-electron chi connectivity index (χ1n) is 30.0. The van der Waals surface area contributed by atoms with Crippen molar-refractivity contribution < 1.29 is 28.7 Å². The van der Waals surface area contributed by atoms with E-state index in [1.807, 2.05) is 0 Å². The number of rotatable bonds is 19. The van der Waals surface area contributed by atoms with Crippen LogP contribution in [0.1, 0.15) is 241 Å². The van der Waals surface area contributed by atoms with Crippen molar-refractivity contribution in [2.75, 3.05) is 6.61 Å². The minimum absolute atomic E-state index is 0.0153. The van der Waals surface area contributed by atoms with Gasteiger partial charge >= 0.3 is 0 Å². The van der Waals surface area contributed by atoms with Gasteiger partial charge in [-0.2, -0.15) is 0 Å². The Kier molecular flexibility index (Phi) is 19.1. The van der Waals surface area contributed by atoms with Crippen LogP contribution < -0.4 is 14.5 Å². The minimum Gasteiger partial charge on any atom is -0.405 e. The Morgan fingerprint density at radius 3 is 1.14 bits per heavy atom. The van der Waals surface area contributed by atoms with Gasteiger partial charge in [-0.1, -0.05) is 140 Å². The summed E-state index contributed by atoms with van der Waals surface area (Å²) in [4.78, 5) is 20.9. The SMILES string of the molecule is CC(C)C1(C)CC(OCCCCC(OC2CC(C)(C)N(Oc3ccc(C(C)(C)C)cc3)C(C)(C(C)C)C2)OC2CC(C)(C)N(Oc3cccc(C(C)(C)C)c3)C(C)(C(C)C)C2)CC(C)(C)N1Oc1ccc(C(C)(C)C)cc1. The van der Waals surface area contributed by atoms with Crippen LogP contribution >= 0.6 is 0 Å². The highest BCUT2D eigenvalue weighted by Gasteiger charge is 2.55. The van der Waals surface area contributed by atoms with Crippen LogP contribution in [0, 0.1) is 17.8 Å². The van der Waals surface area contributed by atoms with Gasteiger partial charge in [0.1, 0.15) is 17.2 Å². The molecule has 0 amide bonds. The van der Waals surface area contributed by atoms with Gasteiger partial charge in [-0.05, 0) is 207 Å². The number of hydroxylamine groups is 6. The van der Waals surface area contributed by atoms with Crippen LogP contribution in [0.3, 0.4) is 0 Å². The zero-order valence-corrected chi connectivity index (χ0v) is 53.3. The topological polar surface area (TPSA) is 65.1 Å². The lowest BCUT2D eigenvalue weighted by Crippen LogP contribution is -2.67. The first kappa shape index (κ1) is 63.0. The van der Waals surface area contributed by atoms with Crippen LogP contribution in [-0.4, -0.2) is 79.6 Å². The van der Waals surface area contributed by atoms with E-state index in [0.29, 0.717) is 18.4 Å². The first-order chi connectivity index (χ1) is 35.3. The largest absolute Gasteiger partial charge is 0.405 e. The van der Waals surface area contributed by atoms with Crippen molar-refractivity contribution in [3.8, 4) is 17.2 Å². The molecular weight excluding hydrogens is 955 g/mol. The molecule has 3 aromatic rings. The molecule has 0 aromatic heterocycles. The van der Waals surface area contributed by atoms with Gasteiger partial charge in [0.25, 0.3) is 0 Å². The molecule has 6 rings (SSSR count). The second-order valence-corrected chi connectivity index (χ2v) is 30.6. The zero-order valence-electron chi connectivity index (χ0n) is 53.3. The predicted molar refractivity (Wildman–Crippen MR) is 320 cm³/mol. The van der Waals surface area contributed by atoms with Crippen molar-refractivity contribution in [3.05, 3.63) is 89.5 Å². The van der Waals surface area contributed by atoms with Crippen LogP contribution in [0.4, 0.5) is 0 Å². The fourth-order valence-corrected chi connectivity index (χ4v) is 12.9. The summed E-state index contributed by atoms with van der Waals surface area (Å²) in [6, 6.07) is 26.0. The lowest BCUT2D eigenvalue weighted by molar-refractivity contribution is -0.297. The molecule has 9 nitrogen and oxygen atoms in total. The lowest BCUT2D eigenvalue weighted by atomic mass is 9.73. The van der Waals surface area contributed by atoms with Crippen molar-refractivity contribution in [2.24, 2.45) is 17.8 Å². The fourth-order valence-electron chi connectivity index (χ4n) is 12.9. The Bertz CT molecular complexity index is 2350. The van der Waals surface area contributed by atoms with Crippen LogP contribution in [-0.2, 0) is 30.5 Å². The summed E-state index contributed by atoms with van der Waals surface area (Å²) < 4.78 is 21.8. The van der Waals surface area contributed by atoms with Crippen LogP contribution in [0.15, 0.2) is 72.8 Å². The molecule has 3 aliphatic heterocycles. The summed E-state index contributed by atoms with van der Waals surface area (Å²) in [6.07, 6.45) is 7.31. The predicted octanol–water partition coefficient (Wildman–Crippen LogP) is 17.4. The van der Waals surface area contributed by atoms with Gasteiger partial charge < -0.3 is 28.7 Å². The highest BCUT2D eigenvalue weighted by Crippen LogP contribution is 2.49. The molecule has 0 radical (unpaired) electrons. The van der Waals surface area contributed by atoms with Gasteiger partial charge in [0.05, 0.1) is 51.5 Å². The summed E-state index contributed by atoms with van der Waals surface area (Å²) in [5.41, 5.74) is 2.27. The fraction of sp³-hybridized carbons (Fsp3) is 0.735. The van der Waals surface area contributed by atoms with Gasteiger partial charge in [0.2, 0.25) is 0 Å². The average Bonchev–Trinajstić information content (AvgIpc) is 3.29. The van der Waals surface area contributed by atoms with Gasteiger partial charge in [0.15, 0.2) is 6.29 Å². The summed E-state index contributed by atoms with van der Waals surface area (Å²) in [6.45, 7) is 55.9. The second kappa shape index (κ2) is 23.4. The van der Waals surface area contributed by atoms with Crippen molar-refractivity contribution in [3.63, 3.8) is 0 Å². The van der Waals surface area contributed by atoms with E-state index in [0.717, 1.165) is 75.0 Å². The molecule has 3 saturated heterocycles. The Hall–Kier alpha value is -3.18. The number of hydrogen-bond donors (Lipinski definition) is 0. The molecule has 3 fully saturated rings. The van der Waals surface area contributed by atoms with E-state index in [1.54, 1.807) is 0 Å². The number of unbranched alkanes of at least 4 members (excludes halogenated alkanes) is 1. The average molecular weight is 1070 g/mol. The van der Waals surface area contributed by atoms with E-state index < -0.39 is 6.29 Å². The summed E-state index contributed by atoms with van der Waals surface area (Å²) in [7, 11) is 0. The van der Waals surface area contributed by atoms with Gasteiger partial charge in [-0.3, -0.25) is 0 Å². The van der Waals surface area contributed by atoms with E-state index in [2.05, 4.69) is 254 Å². The number of benzene rings is 3. The minimum atomic E-state index is -0.390. The molecule has 9 heteroatoms. The molecule has 77 heavy (non-hydrogen) atoms. The van der Waals surface area contributed by atoms with E-state index in [4.69, 9.17) is 28.7 Å². The van der Waals surface area contributed by atoms with Crippen LogP contribution in [0.2, 0.25) is 0 Å². The zero-order chi connectivity index (χ0) is 57.5. The third-order valence-electron chi connectivity index (χ3n) is 18.5. The smallest absolute Gasteiger partial charge is 0.158 e. The Morgan fingerprint density at radius 1 is 0.429 bits per heavy atom. The van der Waals surface area contributed by atoms with Crippen molar-refractivity contribution >= 4 is 0 Å². The number of ether oxygens (including phenoxy) is 3. The van der Waals surface area contributed by atoms with Crippen molar-refractivity contribution in [2.45, 2.75) is 298 Å². The molecule has 0 spiro atoms. The number of piperidine rings is 3. The first-order valence-corrected chi connectivity index (χ1v) is 30.0. The molecule has 7 unspecified atom stereocenters. The second-order valence-electron chi connectivity index (χ2n) is 30.6. The van der Waals surface area contributed by atoms with Crippen molar-refractivity contribution in [1.29, 1.82) is 0 Å². The van der Waals surface area contributed by atoms with E-state index in [9.17, 15) is 0 Å². The lowest BCUT2D eigenvalue weighted by Gasteiger charge is -2.57. The molecule has 0 N–H and O–H groups in total. The van der Waals surface area contributed by atoms with E-state index >= 15 is 0 Å². The molecule has 0 aliphatic carbocycles. The van der Waals surface area contributed by atoms with Gasteiger partial charge in [-0.25, -0.2) is 0 Å². The maximum absolute atomic E-state index is 7.45. The maximum Gasteiger partial charge on any atom is 0.158 e. The monoisotopic (exact) mass is 1070 g/mol. The molecule has 0 bridgehead atoms. The quantitative estimate of drug-likeness (QED) is 0.0863. The summed E-state index contributed by atoms with van der Waals surface area (Å²) in [5.74, 6) is 3.56. The van der Waals surface area contributed by atoms with Crippen LogP contribution in [0.25, 0.3) is 0 Å². The Labute approximate surface area is 471 Å². The number of nitrogens with zero attached hydrogens (tertiary/aromatic N) is 3. The van der Waals surface area contributed by atoms with Gasteiger partial charge in [0, 0.05) is 6.61 Å². The van der Waals surface area contributed by atoms with E-state index in [-0.39, 0.29) is 73.7 Å². The normalized spacial score (nSPS) is 28.0. The van der Waals surface area contributed by atoms with Crippen LogP contribution in [0.5, 0.6) is 17.2 Å². The molecule has 3 heterocycles. The van der Waals surface area contributed by atoms with E-state index in [1.165, 1.54) is 16.7 Å². The Morgan fingerprint density at radius 2 is 0.779 bits per heavy atom. The molecule has 7 atom stereocenters. The maximum atomic E-state index is 7.45. The number of hydrogen-bond acceptors (Lipinski definition) is 9. The molecule has 434 valence electrons. The Balaban J connectivity index is 1.20. The molecule has 3 aromatic carbocycles. The molecule has 3 aliphatic rings. The third-order valence-corrected chi connectivity index (χ3v) is 18.5.